The van der Waals surface area contributed by atoms with Crippen molar-refractivity contribution >= 4 is 8.58 Å². The lowest BCUT2D eigenvalue weighted by molar-refractivity contribution is 0.183. The first-order chi connectivity index (χ1) is 3.39. The molecular weight excluding hydrogens is 107 g/mol. The molecule has 1 rings (SSSR count). The summed E-state index contributed by atoms with van der Waals surface area (Å²) in [6.07, 6.45) is 4.89. The summed E-state index contributed by atoms with van der Waals surface area (Å²) >= 11 is 0. The van der Waals surface area contributed by atoms with Crippen LogP contribution in [-0.2, 0) is 4.74 Å². The van der Waals surface area contributed by atoms with E-state index < -0.39 is 0 Å². The molecule has 0 N–H and O–H groups in total. The maximum atomic E-state index is 5.23. The van der Waals surface area contributed by atoms with Gasteiger partial charge in [-0.15, -0.1) is 0 Å². The minimum atomic E-state index is 0.639. The molecule has 1 heterocycles. The molecule has 1 saturated heterocycles. The van der Waals surface area contributed by atoms with Crippen LogP contribution >= 0.6 is 8.58 Å². The van der Waals surface area contributed by atoms with Crippen molar-refractivity contribution in [3.63, 3.8) is 0 Å². The normalized spacial score (nSPS) is 26.1. The van der Waals surface area contributed by atoms with E-state index in [-0.39, 0.29) is 0 Å². The van der Waals surface area contributed by atoms with Crippen LogP contribution in [0.1, 0.15) is 13.3 Å². The fourth-order valence-electron chi connectivity index (χ4n) is 0.662. The predicted octanol–water partition coefficient (Wildman–Crippen LogP) is 1.33. The second kappa shape index (κ2) is 2.54. The zero-order valence-corrected chi connectivity index (χ0v) is 5.76. The number of rotatable bonds is 0. The van der Waals surface area contributed by atoms with Crippen molar-refractivity contribution in [3.05, 3.63) is 6.10 Å². The monoisotopic (exact) mass is 118 g/mol. The molecule has 1 atom stereocenters. The molecule has 0 bridgehead atoms. The van der Waals surface area contributed by atoms with Gasteiger partial charge in [0, 0.05) is 8.58 Å². The first-order valence-electron chi connectivity index (χ1n) is 2.66. The number of hydrogen-bond acceptors (Lipinski definition) is 1. The SMILES string of the molecule is C[C+]1CC[PH2+]CO1. The summed E-state index contributed by atoms with van der Waals surface area (Å²) < 4.78 is 5.23. The van der Waals surface area contributed by atoms with Gasteiger partial charge >= 0.3 is 0 Å². The third-order valence-electron chi connectivity index (χ3n) is 1.15. The zero-order valence-electron chi connectivity index (χ0n) is 4.61. The van der Waals surface area contributed by atoms with Gasteiger partial charge < -0.3 is 0 Å². The summed E-state index contributed by atoms with van der Waals surface area (Å²) in [5.41, 5.74) is 0. The van der Waals surface area contributed by atoms with E-state index in [9.17, 15) is 0 Å². The first kappa shape index (κ1) is 5.40. The van der Waals surface area contributed by atoms with Gasteiger partial charge in [0.1, 0.15) is 13.1 Å². The predicted molar refractivity (Wildman–Crippen MR) is 34.1 cm³/mol. The van der Waals surface area contributed by atoms with Crippen LogP contribution in [0.5, 0.6) is 0 Å². The molecule has 0 saturated carbocycles. The maximum Gasteiger partial charge on any atom is 0.246 e. The second-order valence-corrected chi connectivity index (χ2v) is 3.33. The summed E-state index contributed by atoms with van der Waals surface area (Å²) in [6, 6.07) is 0. The average Bonchev–Trinajstić information content (AvgIpc) is 1.69. The van der Waals surface area contributed by atoms with Crippen molar-refractivity contribution in [2.45, 2.75) is 13.3 Å². The molecule has 1 fully saturated rings. The Kier molecular flexibility index (Phi) is 1.96. The van der Waals surface area contributed by atoms with E-state index in [1.165, 1.54) is 18.7 Å². The van der Waals surface area contributed by atoms with E-state index in [1.807, 2.05) is 0 Å². The van der Waals surface area contributed by atoms with Crippen molar-refractivity contribution in [1.82, 2.24) is 0 Å². The third kappa shape index (κ3) is 1.67. The molecule has 0 aliphatic carbocycles. The van der Waals surface area contributed by atoms with Crippen LogP contribution in [0.4, 0.5) is 0 Å². The molecule has 1 aliphatic heterocycles. The molecule has 0 amide bonds. The van der Waals surface area contributed by atoms with Gasteiger partial charge in [0.15, 0.2) is 12.8 Å². The Bertz CT molecular complexity index is 50.0. The van der Waals surface area contributed by atoms with Gasteiger partial charge in [-0.05, 0) is 0 Å². The van der Waals surface area contributed by atoms with Crippen LogP contribution in [0.3, 0.4) is 0 Å². The fraction of sp³-hybridized carbons (Fsp3) is 0.800. The Morgan fingerprint density at radius 2 is 2.57 bits per heavy atom. The first-order valence-corrected chi connectivity index (χ1v) is 4.30. The van der Waals surface area contributed by atoms with Gasteiger partial charge in [0.25, 0.3) is 0 Å². The Labute approximate surface area is 46.2 Å². The topological polar surface area (TPSA) is 9.23 Å². The van der Waals surface area contributed by atoms with Gasteiger partial charge in [0.05, 0.1) is 0 Å². The Morgan fingerprint density at radius 3 is 2.86 bits per heavy atom. The van der Waals surface area contributed by atoms with E-state index in [1.54, 1.807) is 0 Å². The van der Waals surface area contributed by atoms with Crippen LogP contribution in [0, 0.1) is 6.10 Å². The molecule has 1 nitrogen and oxygen atoms in total. The molecule has 7 heavy (non-hydrogen) atoms. The Morgan fingerprint density at radius 1 is 1.71 bits per heavy atom. The largest absolute Gasteiger partial charge is 0.246 e. The molecule has 0 radical (unpaired) electrons. The molecular formula is C5H11OP+2. The van der Waals surface area contributed by atoms with Crippen molar-refractivity contribution < 1.29 is 4.74 Å². The van der Waals surface area contributed by atoms with Crippen LogP contribution in [-0.4, -0.2) is 12.5 Å². The van der Waals surface area contributed by atoms with Crippen molar-refractivity contribution in [1.29, 1.82) is 0 Å². The van der Waals surface area contributed by atoms with Crippen molar-refractivity contribution in [2.24, 2.45) is 0 Å². The van der Waals surface area contributed by atoms with Crippen LogP contribution in [0.15, 0.2) is 0 Å². The highest BCUT2D eigenvalue weighted by atomic mass is 31.1. The van der Waals surface area contributed by atoms with Gasteiger partial charge in [-0.25, -0.2) is 0 Å². The lowest BCUT2D eigenvalue weighted by atomic mass is 10.3. The van der Waals surface area contributed by atoms with Crippen LogP contribution in [0.2, 0.25) is 0 Å². The average molecular weight is 118 g/mol. The molecule has 2 heteroatoms. The zero-order chi connectivity index (χ0) is 5.11. The highest BCUT2D eigenvalue weighted by Crippen LogP contribution is 2.24. The van der Waals surface area contributed by atoms with E-state index in [0.29, 0.717) is 8.58 Å². The number of hydrogen-bond donors (Lipinski definition) is 0. The summed E-state index contributed by atoms with van der Waals surface area (Å²) in [7, 11) is 0.639. The lowest BCUT2D eigenvalue weighted by Crippen LogP contribution is -2.04. The van der Waals surface area contributed by atoms with Crippen molar-refractivity contribution in [2.75, 3.05) is 12.5 Å². The summed E-state index contributed by atoms with van der Waals surface area (Å²) in [5.74, 6) is 0. The van der Waals surface area contributed by atoms with E-state index in [2.05, 4.69) is 6.92 Å². The minimum absolute atomic E-state index is 0.639. The Balaban J connectivity index is 2.12. The van der Waals surface area contributed by atoms with Gasteiger partial charge in [-0.2, -0.15) is 4.74 Å². The van der Waals surface area contributed by atoms with Crippen LogP contribution < -0.4 is 0 Å². The van der Waals surface area contributed by atoms with E-state index in [0.717, 1.165) is 6.35 Å². The van der Waals surface area contributed by atoms with Gasteiger partial charge in [0.2, 0.25) is 6.10 Å². The lowest BCUT2D eigenvalue weighted by Gasteiger charge is -2.00. The molecule has 0 aromatic rings. The summed E-state index contributed by atoms with van der Waals surface area (Å²) in [6.45, 7) is 2.07. The third-order valence-corrected chi connectivity index (χ3v) is 2.25. The second-order valence-electron chi connectivity index (χ2n) is 1.84. The minimum Gasteiger partial charge on any atom is -0.155 e. The highest BCUT2D eigenvalue weighted by Gasteiger charge is 2.22. The number of ether oxygens (including phenoxy) is 1. The molecule has 0 aromatic heterocycles. The molecule has 40 valence electrons. The van der Waals surface area contributed by atoms with Gasteiger partial charge in [-0.1, -0.05) is 0 Å². The molecule has 0 spiro atoms. The quantitative estimate of drug-likeness (QED) is 0.344. The smallest absolute Gasteiger partial charge is 0.155 e. The standard InChI is InChI=1S/C5H10OP/c1-5-2-3-7-4-6-5/h7H,2-4H2,1H3/q+1/p+1. The van der Waals surface area contributed by atoms with Crippen molar-refractivity contribution in [3.8, 4) is 0 Å². The fourth-order valence-corrected chi connectivity index (χ4v) is 1.84. The van der Waals surface area contributed by atoms with Crippen LogP contribution in [0.25, 0.3) is 0 Å². The Hall–Kier alpha value is 0.260. The van der Waals surface area contributed by atoms with Gasteiger partial charge in [-0.3, -0.25) is 0 Å². The molecule has 1 aliphatic rings. The highest BCUT2D eigenvalue weighted by molar-refractivity contribution is 7.37. The maximum absolute atomic E-state index is 5.23. The summed E-state index contributed by atoms with van der Waals surface area (Å²) in [4.78, 5) is 0. The summed E-state index contributed by atoms with van der Waals surface area (Å²) in [5, 5.41) is 0. The molecule has 0 aromatic carbocycles. The van der Waals surface area contributed by atoms with E-state index >= 15 is 0 Å². The van der Waals surface area contributed by atoms with E-state index in [4.69, 9.17) is 4.74 Å². The molecule has 1 unspecified atom stereocenters.